The van der Waals surface area contributed by atoms with Gasteiger partial charge in [-0.3, -0.25) is 0 Å². The van der Waals surface area contributed by atoms with E-state index in [1.165, 1.54) is 21.4 Å². The van der Waals surface area contributed by atoms with Crippen LogP contribution in [0.5, 0.6) is 0 Å². The fourth-order valence-corrected chi connectivity index (χ4v) is 3.64. The number of nitrogens with two attached hydrogens (primary N) is 1. The molecule has 2 rings (SSSR count). The number of rotatable bonds is 5. The van der Waals surface area contributed by atoms with Gasteiger partial charge in [0.2, 0.25) is 10.0 Å². The molecule has 1 unspecified atom stereocenters. The molecule has 21 heavy (non-hydrogen) atoms. The average molecular weight is 324 g/mol. The van der Waals surface area contributed by atoms with E-state index in [1.807, 2.05) is 13.0 Å². The molecule has 0 saturated carbocycles. The van der Waals surface area contributed by atoms with Gasteiger partial charge in [0.25, 0.3) is 0 Å². The molecule has 114 valence electrons. The van der Waals surface area contributed by atoms with Gasteiger partial charge in [0.05, 0.1) is 4.90 Å². The maximum absolute atomic E-state index is 11.4. The topological polar surface area (TPSA) is 72.2 Å². The van der Waals surface area contributed by atoms with Gasteiger partial charge < -0.3 is 5.32 Å². The molecule has 0 bridgehead atoms. The van der Waals surface area contributed by atoms with Gasteiger partial charge >= 0.3 is 0 Å². The minimum atomic E-state index is -3.65. The zero-order valence-electron chi connectivity index (χ0n) is 12.4. The summed E-state index contributed by atoms with van der Waals surface area (Å²) in [5.41, 5.74) is 2.22. The van der Waals surface area contributed by atoms with Crippen LogP contribution < -0.4 is 10.5 Å². The van der Waals surface area contributed by atoms with E-state index in [4.69, 9.17) is 5.14 Å². The highest BCUT2D eigenvalue weighted by molar-refractivity contribution is 7.89. The third-order valence-electron chi connectivity index (χ3n) is 3.49. The Morgan fingerprint density at radius 2 is 2.00 bits per heavy atom. The summed E-state index contributed by atoms with van der Waals surface area (Å²) < 4.78 is 22.8. The standard InChI is InChI=1S/C15H20N2O2S2/c1-10-7-14(20-12(10)3)9-17-11(2)13-5-4-6-15(8-13)21(16,18)19/h4-8,11,17H,9H2,1-3H3,(H2,16,18,19). The van der Waals surface area contributed by atoms with E-state index < -0.39 is 10.0 Å². The van der Waals surface area contributed by atoms with E-state index in [9.17, 15) is 8.42 Å². The number of hydrogen-bond donors (Lipinski definition) is 2. The van der Waals surface area contributed by atoms with Crippen molar-refractivity contribution in [3.8, 4) is 0 Å². The fourth-order valence-electron chi connectivity index (χ4n) is 2.07. The van der Waals surface area contributed by atoms with Gasteiger partial charge in [0, 0.05) is 22.3 Å². The summed E-state index contributed by atoms with van der Waals surface area (Å²) in [6.45, 7) is 6.99. The smallest absolute Gasteiger partial charge is 0.238 e. The average Bonchev–Trinajstić information content (AvgIpc) is 2.74. The van der Waals surface area contributed by atoms with Gasteiger partial charge in [0.1, 0.15) is 0 Å². The van der Waals surface area contributed by atoms with Crippen LogP contribution in [-0.2, 0) is 16.6 Å². The molecule has 0 aliphatic rings. The van der Waals surface area contributed by atoms with Crippen molar-refractivity contribution < 1.29 is 8.42 Å². The van der Waals surface area contributed by atoms with Gasteiger partial charge in [-0.15, -0.1) is 11.3 Å². The van der Waals surface area contributed by atoms with E-state index in [2.05, 4.69) is 25.2 Å². The largest absolute Gasteiger partial charge is 0.305 e. The van der Waals surface area contributed by atoms with Crippen molar-refractivity contribution in [2.75, 3.05) is 0 Å². The summed E-state index contributed by atoms with van der Waals surface area (Å²) in [6.07, 6.45) is 0. The van der Waals surface area contributed by atoms with Crippen molar-refractivity contribution in [3.05, 3.63) is 51.2 Å². The van der Waals surface area contributed by atoms with E-state index in [0.717, 1.165) is 12.1 Å². The maximum atomic E-state index is 11.4. The van der Waals surface area contributed by atoms with Gasteiger partial charge in [0.15, 0.2) is 0 Å². The molecule has 0 fully saturated rings. The van der Waals surface area contributed by atoms with Crippen molar-refractivity contribution in [1.82, 2.24) is 5.32 Å². The van der Waals surface area contributed by atoms with E-state index >= 15 is 0 Å². The lowest BCUT2D eigenvalue weighted by atomic mass is 10.1. The molecule has 2 aromatic rings. The number of hydrogen-bond acceptors (Lipinski definition) is 4. The highest BCUT2D eigenvalue weighted by Crippen LogP contribution is 2.22. The normalized spacial score (nSPS) is 13.3. The number of primary sulfonamides is 1. The summed E-state index contributed by atoms with van der Waals surface area (Å²) in [5.74, 6) is 0. The van der Waals surface area contributed by atoms with Crippen molar-refractivity contribution in [2.45, 2.75) is 38.3 Å². The Balaban J connectivity index is 2.08. The molecule has 3 N–H and O–H groups in total. The van der Waals surface area contributed by atoms with E-state index in [-0.39, 0.29) is 10.9 Å². The fraction of sp³-hybridized carbons (Fsp3) is 0.333. The van der Waals surface area contributed by atoms with Crippen LogP contribution in [0.3, 0.4) is 0 Å². The zero-order chi connectivity index (χ0) is 15.6. The Morgan fingerprint density at radius 3 is 2.57 bits per heavy atom. The highest BCUT2D eigenvalue weighted by atomic mass is 32.2. The quantitative estimate of drug-likeness (QED) is 0.888. The van der Waals surface area contributed by atoms with Crippen LogP contribution in [0.1, 0.15) is 33.8 Å². The van der Waals surface area contributed by atoms with Gasteiger partial charge in [-0.2, -0.15) is 0 Å². The number of thiophene rings is 1. The van der Waals surface area contributed by atoms with Gasteiger partial charge in [-0.1, -0.05) is 12.1 Å². The summed E-state index contributed by atoms with van der Waals surface area (Å²) in [4.78, 5) is 2.76. The number of sulfonamides is 1. The van der Waals surface area contributed by atoms with Crippen LogP contribution in [0, 0.1) is 13.8 Å². The first-order valence-corrected chi connectivity index (χ1v) is 9.05. The Kier molecular flexibility index (Phi) is 4.83. The third-order valence-corrected chi connectivity index (χ3v) is 5.55. The molecule has 0 radical (unpaired) electrons. The first kappa shape index (κ1) is 16.2. The second kappa shape index (κ2) is 6.27. The lowest BCUT2D eigenvalue weighted by Gasteiger charge is -2.14. The van der Waals surface area contributed by atoms with Crippen LogP contribution in [-0.4, -0.2) is 8.42 Å². The van der Waals surface area contributed by atoms with E-state index in [1.54, 1.807) is 23.5 Å². The van der Waals surface area contributed by atoms with Gasteiger partial charge in [-0.05, 0) is 50.1 Å². The SMILES string of the molecule is Cc1cc(CNC(C)c2cccc(S(N)(=O)=O)c2)sc1C. The molecule has 0 saturated heterocycles. The Labute approximate surface area is 130 Å². The van der Waals surface area contributed by atoms with Crippen LogP contribution in [0.15, 0.2) is 35.2 Å². The number of nitrogens with one attached hydrogen (secondary N) is 1. The first-order chi connectivity index (χ1) is 9.77. The summed E-state index contributed by atoms with van der Waals surface area (Å²) in [6, 6.07) is 8.98. The highest BCUT2D eigenvalue weighted by Gasteiger charge is 2.11. The third kappa shape index (κ3) is 4.14. The minimum Gasteiger partial charge on any atom is -0.305 e. The molecule has 6 heteroatoms. The maximum Gasteiger partial charge on any atom is 0.238 e. The van der Waals surface area contributed by atoms with Crippen molar-refractivity contribution in [3.63, 3.8) is 0 Å². The minimum absolute atomic E-state index is 0.0504. The van der Waals surface area contributed by atoms with Gasteiger partial charge in [-0.25, -0.2) is 13.6 Å². The summed E-state index contributed by atoms with van der Waals surface area (Å²) in [5, 5.41) is 8.57. The summed E-state index contributed by atoms with van der Waals surface area (Å²) >= 11 is 1.78. The lowest BCUT2D eigenvalue weighted by molar-refractivity contribution is 0.576. The van der Waals surface area contributed by atoms with Crippen molar-refractivity contribution in [1.29, 1.82) is 0 Å². The van der Waals surface area contributed by atoms with Crippen molar-refractivity contribution >= 4 is 21.4 Å². The molecular weight excluding hydrogens is 304 g/mol. The molecule has 4 nitrogen and oxygen atoms in total. The van der Waals surface area contributed by atoms with Crippen LogP contribution in [0.2, 0.25) is 0 Å². The molecular formula is C15H20N2O2S2. The molecule has 0 aliphatic heterocycles. The molecule has 1 heterocycles. The molecule has 1 aromatic heterocycles. The second-order valence-corrected chi connectivity index (χ2v) is 8.07. The predicted molar refractivity (Wildman–Crippen MR) is 86.9 cm³/mol. The van der Waals surface area contributed by atoms with Crippen LogP contribution in [0.4, 0.5) is 0 Å². The lowest BCUT2D eigenvalue weighted by Crippen LogP contribution is -2.18. The number of benzene rings is 1. The Bertz CT molecular complexity index is 716. The monoisotopic (exact) mass is 324 g/mol. The van der Waals surface area contributed by atoms with Crippen LogP contribution in [0.25, 0.3) is 0 Å². The predicted octanol–water partition coefficient (Wildman–Crippen LogP) is 2.86. The molecule has 1 aromatic carbocycles. The molecule has 0 amide bonds. The van der Waals surface area contributed by atoms with Crippen molar-refractivity contribution in [2.24, 2.45) is 5.14 Å². The Hall–Kier alpha value is -1.21. The van der Waals surface area contributed by atoms with Crippen LogP contribution >= 0.6 is 11.3 Å². The zero-order valence-corrected chi connectivity index (χ0v) is 14.0. The van der Waals surface area contributed by atoms with E-state index in [0.29, 0.717) is 0 Å². The number of aryl methyl sites for hydroxylation is 2. The molecule has 0 spiro atoms. The summed E-state index contributed by atoms with van der Waals surface area (Å²) in [7, 11) is -3.65. The first-order valence-electron chi connectivity index (χ1n) is 6.69. The second-order valence-electron chi connectivity index (χ2n) is 5.17. The molecule has 1 atom stereocenters. The molecule has 0 aliphatic carbocycles. The Morgan fingerprint density at radius 1 is 1.29 bits per heavy atom.